The molecule has 2 heterocycles. The number of nitrogens with zero attached hydrogens (tertiary/aromatic N) is 2. The Labute approximate surface area is 120 Å². The first-order chi connectivity index (χ1) is 8.90. The minimum atomic E-state index is -3.99. The van der Waals surface area contributed by atoms with Gasteiger partial charge in [0, 0.05) is 0 Å². The highest BCUT2D eigenvalue weighted by molar-refractivity contribution is 9.10. The number of carboxylic acid groups (broad SMARTS) is 1. The molecule has 19 heavy (non-hydrogen) atoms. The number of carbonyl (C=O) groups is 1. The zero-order valence-corrected chi connectivity index (χ0v) is 12.3. The van der Waals surface area contributed by atoms with Crippen molar-refractivity contribution in [2.45, 2.75) is 4.21 Å². The van der Waals surface area contributed by atoms with Gasteiger partial charge in [-0.2, -0.15) is 0 Å². The van der Waals surface area contributed by atoms with Crippen LogP contribution in [-0.4, -0.2) is 29.5 Å². The molecule has 2 aromatic rings. The Bertz CT molecular complexity index is 711. The minimum absolute atomic E-state index is 0.230. The van der Waals surface area contributed by atoms with Gasteiger partial charge in [-0.1, -0.05) is 0 Å². The Hall–Kier alpha value is -1.52. The van der Waals surface area contributed by atoms with Gasteiger partial charge in [-0.15, -0.1) is 11.3 Å². The number of pyridine rings is 1. The molecule has 2 N–H and O–H groups in total. The molecular weight excluding hydrogens is 358 g/mol. The number of hydrogen-bond acceptors (Lipinski definition) is 6. The van der Waals surface area contributed by atoms with Crippen molar-refractivity contribution in [1.82, 2.24) is 9.97 Å². The summed E-state index contributed by atoms with van der Waals surface area (Å²) in [6.45, 7) is 0. The molecule has 0 aliphatic rings. The number of halogens is 1. The van der Waals surface area contributed by atoms with Crippen LogP contribution in [0.2, 0.25) is 0 Å². The van der Waals surface area contributed by atoms with Crippen molar-refractivity contribution in [1.29, 1.82) is 0 Å². The minimum Gasteiger partial charge on any atom is -0.476 e. The molecule has 0 aromatic carbocycles. The number of aromatic carboxylic acids is 1. The van der Waals surface area contributed by atoms with Gasteiger partial charge in [0.1, 0.15) is 4.60 Å². The molecule has 100 valence electrons. The summed E-state index contributed by atoms with van der Waals surface area (Å²) in [7, 11) is -3.99. The topological polar surface area (TPSA) is 109 Å². The zero-order valence-electron chi connectivity index (χ0n) is 9.07. The van der Waals surface area contributed by atoms with Gasteiger partial charge in [-0.3, -0.25) is 4.72 Å². The quantitative estimate of drug-likeness (QED) is 0.801. The highest BCUT2D eigenvalue weighted by atomic mass is 79.9. The third-order valence-corrected chi connectivity index (χ3v) is 5.18. The molecule has 0 saturated heterocycles. The second-order valence-electron chi connectivity index (χ2n) is 3.27. The van der Waals surface area contributed by atoms with Gasteiger partial charge < -0.3 is 5.11 Å². The maximum Gasteiger partial charge on any atom is 0.356 e. The van der Waals surface area contributed by atoms with E-state index in [-0.39, 0.29) is 9.90 Å². The van der Waals surface area contributed by atoms with Crippen LogP contribution in [0.25, 0.3) is 0 Å². The van der Waals surface area contributed by atoms with Gasteiger partial charge in [0.2, 0.25) is 0 Å². The Balaban J connectivity index is 2.35. The number of hydrogen-bond donors (Lipinski definition) is 2. The third kappa shape index (κ3) is 3.08. The van der Waals surface area contributed by atoms with Crippen molar-refractivity contribution in [3.63, 3.8) is 0 Å². The predicted octanol–water partition coefficient (Wildman–Crippen LogP) is 1.80. The molecule has 0 saturated carbocycles. The summed E-state index contributed by atoms with van der Waals surface area (Å²) in [5, 5.41) is 8.85. The molecule has 0 atom stereocenters. The summed E-state index contributed by atoms with van der Waals surface area (Å²) in [6.07, 6.45) is 1.31. The molecule has 2 aromatic heterocycles. The summed E-state index contributed by atoms with van der Waals surface area (Å²) in [5.74, 6) is -1.39. The summed E-state index contributed by atoms with van der Waals surface area (Å²) in [5.41, 5.74) is 0.896. The Morgan fingerprint density at radius 1 is 1.37 bits per heavy atom. The molecule has 10 heteroatoms. The number of anilines is 1. The van der Waals surface area contributed by atoms with Crippen LogP contribution in [-0.2, 0) is 10.0 Å². The van der Waals surface area contributed by atoms with Crippen LogP contribution in [0.4, 0.5) is 5.69 Å². The molecule has 0 spiro atoms. The van der Waals surface area contributed by atoms with Gasteiger partial charge in [0.25, 0.3) is 10.0 Å². The molecule has 0 fully saturated rings. The van der Waals surface area contributed by atoms with Crippen molar-refractivity contribution in [3.8, 4) is 0 Å². The van der Waals surface area contributed by atoms with Crippen LogP contribution in [0.1, 0.15) is 10.5 Å². The predicted molar refractivity (Wildman–Crippen MR) is 71.8 cm³/mol. The lowest BCUT2D eigenvalue weighted by atomic mass is 10.4. The first kappa shape index (κ1) is 13.9. The Morgan fingerprint density at radius 3 is 2.68 bits per heavy atom. The molecule has 0 amide bonds. The van der Waals surface area contributed by atoms with Crippen LogP contribution < -0.4 is 4.72 Å². The van der Waals surface area contributed by atoms with E-state index in [1.807, 2.05) is 0 Å². The van der Waals surface area contributed by atoms with Crippen molar-refractivity contribution in [3.05, 3.63) is 34.1 Å². The van der Waals surface area contributed by atoms with Crippen LogP contribution in [0.5, 0.6) is 0 Å². The number of nitrogens with one attached hydrogen (secondary N) is 1. The van der Waals surface area contributed by atoms with E-state index in [4.69, 9.17) is 5.11 Å². The fourth-order valence-electron chi connectivity index (χ4n) is 1.21. The summed E-state index contributed by atoms with van der Waals surface area (Å²) < 4.78 is 26.5. The lowest BCUT2D eigenvalue weighted by molar-refractivity contribution is 0.0687. The van der Waals surface area contributed by atoms with Crippen LogP contribution >= 0.6 is 27.3 Å². The van der Waals surface area contributed by atoms with Crippen molar-refractivity contribution < 1.29 is 18.3 Å². The van der Waals surface area contributed by atoms with E-state index in [9.17, 15) is 13.2 Å². The number of rotatable bonds is 4. The highest BCUT2D eigenvalue weighted by Crippen LogP contribution is 2.23. The monoisotopic (exact) mass is 363 g/mol. The number of thiazole rings is 1. The van der Waals surface area contributed by atoms with E-state index in [2.05, 4.69) is 30.6 Å². The van der Waals surface area contributed by atoms with E-state index in [0.717, 1.165) is 16.8 Å². The van der Waals surface area contributed by atoms with Crippen molar-refractivity contribution in [2.24, 2.45) is 0 Å². The molecule has 0 unspecified atom stereocenters. The molecule has 0 aliphatic heterocycles. The fraction of sp³-hybridized carbons (Fsp3) is 0. The first-order valence-electron chi connectivity index (χ1n) is 4.71. The molecular formula is C9H6BrN3O4S2. The summed E-state index contributed by atoms with van der Waals surface area (Å²) in [4.78, 5) is 18.2. The van der Waals surface area contributed by atoms with Gasteiger partial charge in [-0.05, 0) is 28.1 Å². The van der Waals surface area contributed by atoms with E-state index < -0.39 is 21.7 Å². The Kier molecular flexibility index (Phi) is 3.83. The zero-order chi connectivity index (χ0) is 14.0. The second kappa shape index (κ2) is 5.23. The van der Waals surface area contributed by atoms with Crippen molar-refractivity contribution in [2.75, 3.05) is 4.72 Å². The number of carboxylic acids is 1. The molecule has 0 aliphatic carbocycles. The van der Waals surface area contributed by atoms with Gasteiger partial charge in [0.15, 0.2) is 9.90 Å². The first-order valence-corrected chi connectivity index (χ1v) is 7.87. The van der Waals surface area contributed by atoms with E-state index in [1.165, 1.54) is 12.3 Å². The molecule has 0 radical (unpaired) electrons. The third-order valence-electron chi connectivity index (χ3n) is 1.96. The van der Waals surface area contributed by atoms with Crippen molar-refractivity contribution >= 4 is 48.9 Å². The van der Waals surface area contributed by atoms with Crippen LogP contribution in [0.3, 0.4) is 0 Å². The SMILES string of the molecule is O=C(O)c1ncsc1S(=O)(=O)Nc1ccc(Br)nc1. The summed E-state index contributed by atoms with van der Waals surface area (Å²) >= 11 is 3.86. The normalized spacial score (nSPS) is 11.2. The summed E-state index contributed by atoms with van der Waals surface area (Å²) in [6, 6.07) is 3.05. The van der Waals surface area contributed by atoms with Gasteiger partial charge >= 0.3 is 5.97 Å². The maximum absolute atomic E-state index is 12.0. The molecule has 0 bridgehead atoms. The van der Waals surface area contributed by atoms with Gasteiger partial charge in [0.05, 0.1) is 17.4 Å². The largest absolute Gasteiger partial charge is 0.476 e. The van der Waals surface area contributed by atoms with Gasteiger partial charge in [-0.25, -0.2) is 23.2 Å². The average molecular weight is 364 g/mol. The van der Waals surface area contributed by atoms with E-state index in [0.29, 0.717) is 4.60 Å². The lowest BCUT2D eigenvalue weighted by Crippen LogP contribution is -2.15. The van der Waals surface area contributed by atoms with E-state index >= 15 is 0 Å². The molecule has 7 nitrogen and oxygen atoms in total. The van der Waals surface area contributed by atoms with Crippen LogP contribution in [0, 0.1) is 0 Å². The fourth-order valence-corrected chi connectivity index (χ4v) is 3.63. The Morgan fingerprint density at radius 2 is 2.11 bits per heavy atom. The second-order valence-corrected chi connectivity index (χ2v) is 6.81. The maximum atomic E-state index is 12.0. The number of sulfonamides is 1. The lowest BCUT2D eigenvalue weighted by Gasteiger charge is -2.06. The van der Waals surface area contributed by atoms with E-state index in [1.54, 1.807) is 6.07 Å². The number of aromatic nitrogens is 2. The standard InChI is InChI=1S/C9H6BrN3O4S2/c10-6-2-1-5(3-11-6)13-19(16,17)9-7(8(14)15)12-4-18-9/h1-4,13H,(H,14,15). The smallest absolute Gasteiger partial charge is 0.356 e. The molecule has 2 rings (SSSR count). The highest BCUT2D eigenvalue weighted by Gasteiger charge is 2.25. The average Bonchev–Trinajstić information content (AvgIpc) is 2.82. The van der Waals surface area contributed by atoms with Crippen LogP contribution in [0.15, 0.2) is 32.7 Å².